The molecule has 0 bridgehead atoms. The number of nitrogens with one attached hydrogen (secondary N) is 1. The van der Waals surface area contributed by atoms with Crippen LogP contribution in [0.25, 0.3) is 6.08 Å². The lowest BCUT2D eigenvalue weighted by atomic mass is 10.1. The molecule has 2 aromatic rings. The van der Waals surface area contributed by atoms with Crippen molar-refractivity contribution in [2.75, 3.05) is 0 Å². The molecule has 0 aliphatic rings. The van der Waals surface area contributed by atoms with Gasteiger partial charge in [0.25, 0.3) is 5.91 Å². The monoisotopic (exact) mass is 284 g/mol. The molecule has 21 heavy (non-hydrogen) atoms. The fourth-order valence-corrected chi connectivity index (χ4v) is 1.80. The van der Waals surface area contributed by atoms with E-state index in [-0.39, 0.29) is 5.70 Å². The molecule has 1 aromatic heterocycles. The van der Waals surface area contributed by atoms with Gasteiger partial charge in [0.15, 0.2) is 0 Å². The van der Waals surface area contributed by atoms with Crippen molar-refractivity contribution >= 4 is 18.0 Å². The molecule has 0 spiro atoms. The highest BCUT2D eigenvalue weighted by Crippen LogP contribution is 2.11. The molecule has 1 heterocycles. The lowest BCUT2D eigenvalue weighted by Gasteiger charge is -2.10. The summed E-state index contributed by atoms with van der Waals surface area (Å²) in [6.07, 6.45) is 1.22. The number of carbonyl (C=O) groups is 2. The number of carbonyl (C=O) groups excluding carboxylic acids is 2. The fourth-order valence-electron chi connectivity index (χ4n) is 1.80. The van der Waals surface area contributed by atoms with Gasteiger partial charge >= 0.3 is 0 Å². The van der Waals surface area contributed by atoms with Crippen molar-refractivity contribution in [1.29, 1.82) is 0 Å². The number of aliphatic carboxylic acids is 1. The smallest absolute Gasteiger partial charge is 0.255 e. The van der Waals surface area contributed by atoms with Crippen LogP contribution in [0.2, 0.25) is 0 Å². The predicted molar refractivity (Wildman–Crippen MR) is 75.1 cm³/mol. The van der Waals surface area contributed by atoms with Crippen LogP contribution in [-0.4, -0.2) is 11.9 Å². The third-order valence-electron chi connectivity index (χ3n) is 2.80. The molecule has 0 unspecified atom stereocenters. The van der Waals surface area contributed by atoms with Crippen molar-refractivity contribution in [3.63, 3.8) is 0 Å². The second-order valence-corrected chi connectivity index (χ2v) is 4.62. The summed E-state index contributed by atoms with van der Waals surface area (Å²) in [4.78, 5) is 23.1. The first-order chi connectivity index (χ1) is 9.95. The Morgan fingerprint density at radius 1 is 1.19 bits per heavy atom. The Morgan fingerprint density at radius 2 is 1.95 bits per heavy atom. The minimum absolute atomic E-state index is 0.330. The van der Waals surface area contributed by atoms with Crippen LogP contribution in [0.5, 0.6) is 0 Å². The maximum absolute atomic E-state index is 12.0. The van der Waals surface area contributed by atoms with Gasteiger partial charge in [0.05, 0.1) is 11.7 Å². The molecule has 0 atom stereocenters. The van der Waals surface area contributed by atoms with E-state index >= 15 is 0 Å². The van der Waals surface area contributed by atoms with Crippen LogP contribution < -0.4 is 10.4 Å². The zero-order valence-electron chi connectivity index (χ0n) is 11.7. The van der Waals surface area contributed by atoms with Crippen molar-refractivity contribution in [2.24, 2.45) is 0 Å². The van der Waals surface area contributed by atoms with Gasteiger partial charge in [-0.05, 0) is 38.1 Å². The van der Waals surface area contributed by atoms with Gasteiger partial charge in [0, 0.05) is 11.6 Å². The topological polar surface area (TPSA) is 82.4 Å². The first kappa shape index (κ1) is 14.6. The first-order valence-electron chi connectivity index (χ1n) is 6.33. The quantitative estimate of drug-likeness (QED) is 0.861. The van der Waals surface area contributed by atoms with Gasteiger partial charge in [0.1, 0.15) is 11.5 Å². The fraction of sp³-hybridized carbons (Fsp3) is 0.125. The van der Waals surface area contributed by atoms with E-state index in [1.807, 2.05) is 13.0 Å². The zero-order chi connectivity index (χ0) is 15.4. The summed E-state index contributed by atoms with van der Waals surface area (Å²) in [5, 5.41) is 13.4. The molecule has 1 amide bonds. The van der Waals surface area contributed by atoms with Crippen molar-refractivity contribution in [3.05, 3.63) is 64.7 Å². The van der Waals surface area contributed by atoms with Gasteiger partial charge in [-0.15, -0.1) is 0 Å². The number of furan rings is 1. The summed E-state index contributed by atoms with van der Waals surface area (Å²) in [6, 6.07) is 10.1. The number of hydrogen-bond donors (Lipinski definition) is 1. The molecule has 0 aliphatic heterocycles. The standard InChI is InChI=1S/C16H15NO4/c1-10-4-3-5-12(8-10)15(18)17-14(16(19)20)9-13-7-6-11(2)21-13/h3-9H,1-2H3,(H,17,18)(H,19,20)/p-1. The molecule has 0 radical (unpaired) electrons. The average Bonchev–Trinajstić information content (AvgIpc) is 2.83. The van der Waals surface area contributed by atoms with Crippen LogP contribution in [0.3, 0.4) is 0 Å². The molecule has 5 heteroatoms. The Morgan fingerprint density at radius 3 is 2.52 bits per heavy atom. The van der Waals surface area contributed by atoms with Gasteiger partial charge in [-0.3, -0.25) is 4.79 Å². The Bertz CT molecular complexity index is 713. The lowest BCUT2D eigenvalue weighted by molar-refractivity contribution is -0.299. The number of rotatable bonds is 4. The number of benzene rings is 1. The highest BCUT2D eigenvalue weighted by molar-refractivity contribution is 6.02. The summed E-state index contributed by atoms with van der Waals surface area (Å²) in [6.45, 7) is 3.58. The number of amides is 1. The van der Waals surface area contributed by atoms with Crippen LogP contribution in [0.1, 0.15) is 27.4 Å². The molecule has 0 aliphatic carbocycles. The molecule has 0 saturated heterocycles. The van der Waals surface area contributed by atoms with E-state index < -0.39 is 11.9 Å². The molecule has 1 aromatic carbocycles. The van der Waals surface area contributed by atoms with E-state index in [0.29, 0.717) is 17.1 Å². The molecule has 0 saturated carbocycles. The summed E-state index contributed by atoms with van der Waals surface area (Å²) in [5.74, 6) is -1.03. The number of carboxylic acids is 1. The second-order valence-electron chi connectivity index (χ2n) is 4.62. The Hall–Kier alpha value is -2.82. The molecule has 108 valence electrons. The van der Waals surface area contributed by atoms with Crippen LogP contribution in [-0.2, 0) is 4.79 Å². The van der Waals surface area contributed by atoms with Gasteiger partial charge in [-0.25, -0.2) is 0 Å². The molecule has 2 rings (SSSR count). The van der Waals surface area contributed by atoms with Gasteiger partial charge < -0.3 is 19.6 Å². The highest BCUT2D eigenvalue weighted by Gasteiger charge is 2.09. The van der Waals surface area contributed by atoms with Crippen LogP contribution in [0, 0.1) is 13.8 Å². The summed E-state index contributed by atoms with van der Waals surface area (Å²) in [5.41, 5.74) is 0.928. The van der Waals surface area contributed by atoms with Crippen molar-refractivity contribution in [2.45, 2.75) is 13.8 Å². The number of hydrogen-bond acceptors (Lipinski definition) is 4. The largest absolute Gasteiger partial charge is 0.543 e. The summed E-state index contributed by atoms with van der Waals surface area (Å²) >= 11 is 0. The Labute approximate surface area is 121 Å². The summed E-state index contributed by atoms with van der Waals surface area (Å²) in [7, 11) is 0. The predicted octanol–water partition coefficient (Wildman–Crippen LogP) is 1.42. The van der Waals surface area contributed by atoms with E-state index in [9.17, 15) is 14.7 Å². The van der Waals surface area contributed by atoms with Crippen LogP contribution in [0.4, 0.5) is 0 Å². The van der Waals surface area contributed by atoms with Crippen molar-refractivity contribution < 1.29 is 19.1 Å². The zero-order valence-corrected chi connectivity index (χ0v) is 11.7. The molecular formula is C16H14NO4-. The van der Waals surface area contributed by atoms with E-state index in [2.05, 4.69) is 5.32 Å². The minimum atomic E-state index is -1.48. The average molecular weight is 284 g/mol. The molecule has 5 nitrogen and oxygen atoms in total. The van der Waals surface area contributed by atoms with E-state index in [1.54, 1.807) is 37.3 Å². The van der Waals surface area contributed by atoms with E-state index in [1.165, 1.54) is 6.08 Å². The van der Waals surface area contributed by atoms with Crippen molar-refractivity contribution in [1.82, 2.24) is 5.32 Å². The molecule has 1 N–H and O–H groups in total. The normalized spacial score (nSPS) is 11.2. The third kappa shape index (κ3) is 3.82. The Balaban J connectivity index is 2.22. The highest BCUT2D eigenvalue weighted by atomic mass is 16.4. The second kappa shape index (κ2) is 6.09. The van der Waals surface area contributed by atoms with E-state index in [4.69, 9.17) is 4.42 Å². The van der Waals surface area contributed by atoms with E-state index in [0.717, 1.165) is 5.56 Å². The molecular weight excluding hydrogens is 270 g/mol. The number of aryl methyl sites for hydroxylation is 2. The first-order valence-corrected chi connectivity index (χ1v) is 6.33. The third-order valence-corrected chi connectivity index (χ3v) is 2.80. The minimum Gasteiger partial charge on any atom is -0.543 e. The lowest BCUT2D eigenvalue weighted by Crippen LogP contribution is -2.35. The SMILES string of the molecule is Cc1cccc(C(=O)NC(=Cc2ccc(C)o2)C(=O)[O-])c1. The van der Waals surface area contributed by atoms with Crippen molar-refractivity contribution in [3.8, 4) is 0 Å². The maximum Gasteiger partial charge on any atom is 0.255 e. The van der Waals surface area contributed by atoms with Gasteiger partial charge in [-0.1, -0.05) is 17.7 Å². The van der Waals surface area contributed by atoms with Gasteiger partial charge in [-0.2, -0.15) is 0 Å². The summed E-state index contributed by atoms with van der Waals surface area (Å²) < 4.78 is 5.25. The molecule has 0 fully saturated rings. The van der Waals surface area contributed by atoms with Crippen LogP contribution >= 0.6 is 0 Å². The van der Waals surface area contributed by atoms with Crippen LogP contribution in [0.15, 0.2) is 46.5 Å². The Kier molecular flexibility index (Phi) is 4.23. The van der Waals surface area contributed by atoms with Gasteiger partial charge in [0.2, 0.25) is 0 Å². The number of carboxylic acid groups (broad SMARTS) is 1. The maximum atomic E-state index is 12.0.